The van der Waals surface area contributed by atoms with E-state index in [1.54, 1.807) is 22.7 Å². The zero-order chi connectivity index (χ0) is 62.5. The predicted molar refractivity (Wildman–Crippen MR) is 388 cm³/mol. The Bertz CT molecular complexity index is 3610. The Morgan fingerprint density at radius 3 is 1.51 bits per heavy atom. The van der Waals surface area contributed by atoms with E-state index in [1.165, 1.54) is 151 Å². The Labute approximate surface area is 546 Å². The van der Waals surface area contributed by atoms with Crippen LogP contribution in [0.4, 0.5) is 0 Å². The smallest absolute Gasteiger partial charge is 0.261 e. The molecular formula is C79H104N2O3S4. The molecule has 0 saturated carbocycles. The number of carbonyl (C=O) groups excluding carboxylic acids is 2. The van der Waals surface area contributed by atoms with E-state index in [2.05, 4.69) is 177 Å². The third-order valence-corrected chi connectivity index (χ3v) is 24.1. The van der Waals surface area contributed by atoms with Gasteiger partial charge in [-0.2, -0.15) is 0 Å². The van der Waals surface area contributed by atoms with E-state index in [0.29, 0.717) is 36.1 Å². The standard InChI is InChI=1S/C79H104N2O3S4/c1-13-19-23-27-29-34-42-54(40-32-25-21-15-3)52-80-70(68-69(77(80)83)71(62-48-49-64(86-62)78(7,8)9)81(76(68)82)53-55(41-33-26-22-16-4)43-35-30-28-24-20-14-2)61-47-46-60(85-61)63-50-58-67-66(56-44-36-31-37-45-56)72(57(38-17-5)39-18-6)84-73(67)59-51-65(79(10,11)12)88-75(59)74(58)87-63/h17-18,31,36-39,44-51,54-55H,5,13-16,19-30,32-35,40-43,52-53H2,1-4,6-12H3/b39-18-,57-38+. The average molecular weight is 1260 g/mol. The number of fused-ring (bicyclic) bond motifs is 7. The first kappa shape index (κ1) is 67.3. The zero-order valence-electron chi connectivity index (χ0n) is 55.7. The van der Waals surface area contributed by atoms with Crippen LogP contribution < -0.4 is 0 Å². The minimum Gasteiger partial charge on any atom is -0.455 e. The number of thiophene rings is 4. The number of benzene rings is 2. The van der Waals surface area contributed by atoms with Gasteiger partial charge in [-0.3, -0.25) is 9.59 Å². The number of furan rings is 1. The molecule has 0 fully saturated rings. The molecule has 0 radical (unpaired) electrons. The lowest BCUT2D eigenvalue weighted by molar-refractivity contribution is -0.124. The highest BCUT2D eigenvalue weighted by Crippen LogP contribution is 2.55. The molecular weight excluding hydrogens is 1150 g/mol. The van der Waals surface area contributed by atoms with Crippen LogP contribution in [0.1, 0.15) is 256 Å². The molecule has 2 aliphatic rings. The maximum atomic E-state index is 16.3. The lowest BCUT2D eigenvalue weighted by Gasteiger charge is -2.29. The third-order valence-electron chi connectivity index (χ3n) is 18.4. The largest absolute Gasteiger partial charge is 0.455 e. The second-order valence-electron chi connectivity index (χ2n) is 27.6. The number of hydrogen-bond donors (Lipinski definition) is 0. The molecule has 5 aromatic heterocycles. The summed E-state index contributed by atoms with van der Waals surface area (Å²) in [5.41, 5.74) is 6.89. The highest BCUT2D eigenvalue weighted by Gasteiger charge is 2.50. The van der Waals surface area contributed by atoms with Gasteiger partial charge in [-0.25, -0.2) is 0 Å². The van der Waals surface area contributed by atoms with Gasteiger partial charge in [0, 0.05) is 59.9 Å². The van der Waals surface area contributed by atoms with E-state index in [1.807, 2.05) is 28.7 Å². The molecule has 0 bridgehead atoms. The molecule has 88 heavy (non-hydrogen) atoms. The van der Waals surface area contributed by atoms with Gasteiger partial charge in [-0.15, -0.1) is 45.3 Å². The summed E-state index contributed by atoms with van der Waals surface area (Å²) in [6, 6.07) is 24.5. The van der Waals surface area contributed by atoms with Gasteiger partial charge < -0.3 is 14.2 Å². The molecule has 0 saturated heterocycles. The summed E-state index contributed by atoms with van der Waals surface area (Å²) in [6.45, 7) is 30.4. The molecule has 9 heteroatoms. The molecule has 2 aromatic carbocycles. The van der Waals surface area contributed by atoms with Gasteiger partial charge in [0.1, 0.15) is 11.3 Å². The molecule has 2 aliphatic heterocycles. The first-order valence-electron chi connectivity index (χ1n) is 34.4. The summed E-state index contributed by atoms with van der Waals surface area (Å²) in [6.07, 6.45) is 37.1. The molecule has 2 unspecified atom stereocenters. The minimum absolute atomic E-state index is 0.0134. The fraction of sp³-hybridized carbons (Fsp3) is 0.519. The molecule has 5 nitrogen and oxygen atoms in total. The average Bonchev–Trinajstić information content (AvgIpc) is 1.57. The van der Waals surface area contributed by atoms with Crippen LogP contribution in [-0.4, -0.2) is 34.7 Å². The molecule has 472 valence electrons. The predicted octanol–water partition coefficient (Wildman–Crippen LogP) is 25.5. The number of unbranched alkanes of at least 4 members (excludes halogenated alkanes) is 16. The van der Waals surface area contributed by atoms with E-state index in [-0.39, 0.29) is 22.6 Å². The maximum Gasteiger partial charge on any atom is 0.261 e. The van der Waals surface area contributed by atoms with Crippen molar-refractivity contribution in [2.45, 2.75) is 241 Å². The normalized spacial score (nSPS) is 15.1. The zero-order valence-corrected chi connectivity index (χ0v) is 58.9. The molecule has 0 aliphatic carbocycles. The lowest BCUT2D eigenvalue weighted by atomic mass is 9.93. The van der Waals surface area contributed by atoms with Gasteiger partial charge >= 0.3 is 0 Å². The number of nitrogens with zero attached hydrogens (tertiary/aromatic N) is 2. The van der Waals surface area contributed by atoms with Crippen molar-refractivity contribution in [3.8, 4) is 20.9 Å². The van der Waals surface area contributed by atoms with Crippen LogP contribution in [0.3, 0.4) is 0 Å². The Morgan fingerprint density at radius 1 is 0.534 bits per heavy atom. The minimum atomic E-state index is -0.0743. The van der Waals surface area contributed by atoms with E-state index >= 15 is 9.59 Å². The van der Waals surface area contributed by atoms with Crippen molar-refractivity contribution >= 4 is 105 Å². The first-order valence-corrected chi connectivity index (χ1v) is 37.6. The number of amides is 2. The Hall–Kier alpha value is -5.06. The van der Waals surface area contributed by atoms with Gasteiger partial charge in [0.15, 0.2) is 0 Å². The topological polar surface area (TPSA) is 53.8 Å². The highest BCUT2D eigenvalue weighted by atomic mass is 32.1. The SMILES string of the molecule is C=C/C=C(\C=C/C)c1oc2c3cc(C(C)(C)C)sc3c3sc(-c4ccc(C5=C6C(=O)N(CC(CCCCCC)CCCCCCCC)C(c7ccc(C(C)(C)C)s7)=C6C(=O)N5CC(CCCCCC)CCCCCCCC)s4)cc3c2c1-c1ccccc1. The Balaban J connectivity index is 1.23. The summed E-state index contributed by atoms with van der Waals surface area (Å²) in [4.78, 5) is 43.7. The third kappa shape index (κ3) is 15.5. The van der Waals surface area contributed by atoms with Crippen molar-refractivity contribution in [2.75, 3.05) is 13.1 Å². The molecule has 0 N–H and O–H groups in total. The second kappa shape index (κ2) is 31.3. The van der Waals surface area contributed by atoms with Gasteiger partial charge in [-0.05, 0) is 97.2 Å². The molecule has 7 heterocycles. The van der Waals surface area contributed by atoms with Crippen LogP contribution >= 0.6 is 45.3 Å². The molecule has 7 aromatic rings. The number of rotatable bonds is 35. The van der Waals surface area contributed by atoms with E-state index in [4.69, 9.17) is 4.42 Å². The van der Waals surface area contributed by atoms with Gasteiger partial charge in [0.2, 0.25) is 0 Å². The number of allylic oxidation sites excluding steroid dienone is 5. The van der Waals surface area contributed by atoms with Crippen LogP contribution in [0.15, 0.2) is 113 Å². The molecule has 2 amide bonds. The summed E-state index contributed by atoms with van der Waals surface area (Å²) in [7, 11) is 0. The maximum absolute atomic E-state index is 16.3. The van der Waals surface area contributed by atoms with Gasteiger partial charge in [0.25, 0.3) is 11.8 Å². The lowest BCUT2D eigenvalue weighted by Crippen LogP contribution is -2.34. The summed E-state index contributed by atoms with van der Waals surface area (Å²) >= 11 is 7.28. The fourth-order valence-corrected chi connectivity index (χ4v) is 18.3. The van der Waals surface area contributed by atoms with Crippen LogP contribution in [0.5, 0.6) is 0 Å². The van der Waals surface area contributed by atoms with Crippen molar-refractivity contribution in [3.05, 3.63) is 134 Å². The molecule has 9 rings (SSSR count). The van der Waals surface area contributed by atoms with E-state index in [0.717, 1.165) is 96.9 Å². The quantitative estimate of drug-likeness (QED) is 0.0294. The van der Waals surface area contributed by atoms with Crippen molar-refractivity contribution in [2.24, 2.45) is 11.8 Å². The van der Waals surface area contributed by atoms with Gasteiger partial charge in [0.05, 0.1) is 41.7 Å². The Morgan fingerprint density at radius 2 is 1.01 bits per heavy atom. The van der Waals surface area contributed by atoms with Crippen LogP contribution in [0.2, 0.25) is 0 Å². The van der Waals surface area contributed by atoms with Crippen molar-refractivity contribution in [3.63, 3.8) is 0 Å². The molecule has 2 atom stereocenters. The van der Waals surface area contributed by atoms with E-state index in [9.17, 15) is 0 Å². The van der Waals surface area contributed by atoms with Crippen molar-refractivity contribution in [1.82, 2.24) is 9.80 Å². The summed E-state index contributed by atoms with van der Waals surface area (Å²) in [5.74, 6) is 1.55. The van der Waals surface area contributed by atoms with Crippen LogP contribution in [0.25, 0.3) is 69.0 Å². The summed E-state index contributed by atoms with van der Waals surface area (Å²) in [5, 5.41) is 3.45. The summed E-state index contributed by atoms with van der Waals surface area (Å²) < 4.78 is 9.76. The first-order chi connectivity index (χ1) is 42.6. The monoisotopic (exact) mass is 1260 g/mol. The highest BCUT2D eigenvalue weighted by molar-refractivity contribution is 7.31. The van der Waals surface area contributed by atoms with Gasteiger partial charge in [-0.1, -0.05) is 259 Å². The van der Waals surface area contributed by atoms with Crippen LogP contribution in [-0.2, 0) is 20.4 Å². The van der Waals surface area contributed by atoms with E-state index < -0.39 is 0 Å². The Kier molecular flexibility index (Phi) is 24.0. The molecule has 0 spiro atoms. The van der Waals surface area contributed by atoms with Crippen LogP contribution in [0, 0.1) is 11.8 Å². The van der Waals surface area contributed by atoms with Crippen molar-refractivity contribution in [1.29, 1.82) is 0 Å². The second-order valence-corrected chi connectivity index (χ2v) is 31.9. The number of hydrogen-bond acceptors (Lipinski definition) is 7. The fourth-order valence-electron chi connectivity index (χ4n) is 13.5. The number of carbonyl (C=O) groups is 2. The van der Waals surface area contributed by atoms with Crippen molar-refractivity contribution < 1.29 is 14.0 Å².